The minimum Gasteiger partial charge on any atom is -0.485 e. The van der Waals surface area contributed by atoms with Crippen LogP contribution in [0.5, 0.6) is 5.75 Å². The first-order chi connectivity index (χ1) is 12.6. The van der Waals surface area contributed by atoms with Crippen LogP contribution in [0.15, 0.2) is 67.0 Å². The van der Waals surface area contributed by atoms with Gasteiger partial charge in [-0.2, -0.15) is 0 Å². The summed E-state index contributed by atoms with van der Waals surface area (Å²) in [5.41, 5.74) is 3.53. The van der Waals surface area contributed by atoms with E-state index in [1.165, 1.54) is 0 Å². The normalized spacial score (nSPS) is 11.0. The Morgan fingerprint density at radius 1 is 0.923 bits per heavy atom. The van der Waals surface area contributed by atoms with E-state index in [2.05, 4.69) is 0 Å². The van der Waals surface area contributed by atoms with E-state index in [-0.39, 0.29) is 0 Å². The minimum absolute atomic E-state index is 0.375. The van der Waals surface area contributed by atoms with Crippen LogP contribution in [0.2, 0.25) is 15.1 Å². The summed E-state index contributed by atoms with van der Waals surface area (Å²) < 4.78 is 7.90. The van der Waals surface area contributed by atoms with Crippen molar-refractivity contribution in [2.75, 3.05) is 0 Å². The summed E-state index contributed by atoms with van der Waals surface area (Å²) in [6, 6.07) is 16.9. The lowest BCUT2D eigenvalue weighted by Crippen LogP contribution is -1.97. The Balaban J connectivity index is 1.63. The molecule has 0 saturated carbocycles. The summed E-state index contributed by atoms with van der Waals surface area (Å²) >= 11 is 18.0. The van der Waals surface area contributed by atoms with Crippen molar-refractivity contribution in [2.24, 2.45) is 0 Å². The second-order valence-electron chi connectivity index (χ2n) is 5.77. The van der Waals surface area contributed by atoms with Gasteiger partial charge in [0.05, 0.1) is 15.7 Å². The zero-order valence-corrected chi connectivity index (χ0v) is 15.8. The standard InChI is InChI=1S/C20H13Cl3N2O/c21-15-6-4-14(5-7-15)18-11-25-9-1-2-19(20(25)24-18)26-12-13-3-8-16(22)17(23)10-13/h1-11H,12H2. The van der Waals surface area contributed by atoms with Crippen molar-refractivity contribution in [3.63, 3.8) is 0 Å². The third-order valence-electron chi connectivity index (χ3n) is 3.97. The topological polar surface area (TPSA) is 26.5 Å². The van der Waals surface area contributed by atoms with Crippen LogP contribution < -0.4 is 4.74 Å². The number of hydrogen-bond donors (Lipinski definition) is 0. The molecular weight excluding hydrogens is 391 g/mol. The molecule has 0 N–H and O–H groups in total. The fourth-order valence-electron chi connectivity index (χ4n) is 2.65. The SMILES string of the molecule is Clc1ccc(-c2cn3cccc(OCc4ccc(Cl)c(Cl)c4)c3n2)cc1. The molecule has 0 unspecified atom stereocenters. The predicted octanol–water partition coefficient (Wildman–Crippen LogP) is 6.54. The van der Waals surface area contributed by atoms with Crippen LogP contribution in [0.25, 0.3) is 16.9 Å². The Labute approximate surface area is 165 Å². The largest absolute Gasteiger partial charge is 0.485 e. The van der Waals surface area contributed by atoms with E-state index in [9.17, 15) is 0 Å². The molecule has 0 saturated heterocycles. The van der Waals surface area contributed by atoms with E-state index < -0.39 is 0 Å². The molecule has 4 aromatic rings. The molecule has 0 aliphatic carbocycles. The molecule has 3 nitrogen and oxygen atoms in total. The Morgan fingerprint density at radius 3 is 2.50 bits per heavy atom. The molecule has 4 rings (SSSR count). The van der Waals surface area contributed by atoms with Gasteiger partial charge in [0.1, 0.15) is 6.61 Å². The molecular formula is C20H13Cl3N2O. The maximum atomic E-state index is 6.06. The molecule has 0 aliphatic heterocycles. The van der Waals surface area contributed by atoms with Gasteiger partial charge < -0.3 is 9.14 Å². The molecule has 0 aliphatic rings. The molecule has 0 atom stereocenters. The number of hydrogen-bond acceptors (Lipinski definition) is 2. The van der Waals surface area contributed by atoms with Crippen molar-refractivity contribution in [1.82, 2.24) is 9.38 Å². The molecule has 2 aromatic carbocycles. The van der Waals surface area contributed by atoms with Crippen molar-refractivity contribution in [2.45, 2.75) is 6.61 Å². The molecule has 0 radical (unpaired) electrons. The molecule has 2 heterocycles. The molecule has 0 spiro atoms. The Morgan fingerprint density at radius 2 is 1.73 bits per heavy atom. The maximum absolute atomic E-state index is 6.06. The van der Waals surface area contributed by atoms with Gasteiger partial charge in [0.25, 0.3) is 0 Å². The van der Waals surface area contributed by atoms with E-state index >= 15 is 0 Å². The van der Waals surface area contributed by atoms with Gasteiger partial charge in [0.2, 0.25) is 0 Å². The highest BCUT2D eigenvalue weighted by atomic mass is 35.5. The van der Waals surface area contributed by atoms with E-state index in [0.717, 1.165) is 22.5 Å². The van der Waals surface area contributed by atoms with Gasteiger partial charge in [0.15, 0.2) is 11.4 Å². The summed E-state index contributed by atoms with van der Waals surface area (Å²) in [6.07, 6.45) is 3.90. The molecule has 0 bridgehead atoms. The molecule has 130 valence electrons. The number of nitrogens with zero attached hydrogens (tertiary/aromatic N) is 2. The highest BCUT2D eigenvalue weighted by Gasteiger charge is 2.10. The molecule has 6 heteroatoms. The molecule has 0 fully saturated rings. The number of ether oxygens (including phenoxy) is 1. The third-order valence-corrected chi connectivity index (χ3v) is 4.96. The monoisotopic (exact) mass is 402 g/mol. The van der Waals surface area contributed by atoms with E-state index in [4.69, 9.17) is 44.5 Å². The Bertz CT molecular complexity index is 1070. The third kappa shape index (κ3) is 3.51. The van der Waals surface area contributed by atoms with Crippen LogP contribution in [-0.4, -0.2) is 9.38 Å². The quantitative estimate of drug-likeness (QED) is 0.387. The number of halogens is 3. The first kappa shape index (κ1) is 17.2. The molecule has 2 aromatic heterocycles. The van der Waals surface area contributed by atoms with Crippen LogP contribution in [0.4, 0.5) is 0 Å². The first-order valence-electron chi connectivity index (χ1n) is 7.90. The van der Waals surface area contributed by atoms with Crippen LogP contribution >= 0.6 is 34.8 Å². The Kier molecular flexibility index (Phi) is 4.77. The van der Waals surface area contributed by atoms with Crippen LogP contribution in [-0.2, 0) is 6.61 Å². The number of pyridine rings is 1. The van der Waals surface area contributed by atoms with E-state index in [1.807, 2.05) is 59.3 Å². The lowest BCUT2D eigenvalue weighted by molar-refractivity contribution is 0.308. The molecule has 0 amide bonds. The first-order valence-corrected chi connectivity index (χ1v) is 9.04. The van der Waals surface area contributed by atoms with Crippen LogP contribution in [0, 0.1) is 0 Å². The summed E-state index contributed by atoms with van der Waals surface area (Å²) in [7, 11) is 0. The molecule has 26 heavy (non-hydrogen) atoms. The van der Waals surface area contributed by atoms with Gasteiger partial charge in [-0.25, -0.2) is 4.98 Å². The second kappa shape index (κ2) is 7.20. The highest BCUT2D eigenvalue weighted by Crippen LogP contribution is 2.27. The lowest BCUT2D eigenvalue weighted by atomic mass is 10.2. The number of fused-ring (bicyclic) bond motifs is 1. The van der Waals surface area contributed by atoms with Crippen molar-refractivity contribution in [1.29, 1.82) is 0 Å². The minimum atomic E-state index is 0.375. The number of imidazole rings is 1. The fraction of sp³-hybridized carbons (Fsp3) is 0.0500. The lowest BCUT2D eigenvalue weighted by Gasteiger charge is -2.08. The average Bonchev–Trinajstić information content (AvgIpc) is 3.08. The van der Waals surface area contributed by atoms with Gasteiger partial charge in [0, 0.05) is 23.0 Å². The number of benzene rings is 2. The summed E-state index contributed by atoms with van der Waals surface area (Å²) in [4.78, 5) is 4.70. The van der Waals surface area contributed by atoms with Crippen molar-refractivity contribution < 1.29 is 4.74 Å². The van der Waals surface area contributed by atoms with E-state index in [1.54, 1.807) is 12.1 Å². The maximum Gasteiger partial charge on any atom is 0.180 e. The van der Waals surface area contributed by atoms with Crippen molar-refractivity contribution in [3.05, 3.63) is 87.6 Å². The Hall–Kier alpha value is -2.20. The number of aromatic nitrogens is 2. The number of rotatable bonds is 4. The van der Waals surface area contributed by atoms with Gasteiger partial charge in [-0.1, -0.05) is 53.0 Å². The second-order valence-corrected chi connectivity index (χ2v) is 7.02. The van der Waals surface area contributed by atoms with Gasteiger partial charge in [-0.05, 0) is 42.0 Å². The smallest absolute Gasteiger partial charge is 0.180 e. The van der Waals surface area contributed by atoms with Crippen molar-refractivity contribution in [3.8, 4) is 17.0 Å². The van der Waals surface area contributed by atoms with Gasteiger partial charge in [-0.3, -0.25) is 0 Å². The zero-order valence-electron chi connectivity index (χ0n) is 13.5. The summed E-state index contributed by atoms with van der Waals surface area (Å²) in [6.45, 7) is 0.375. The summed E-state index contributed by atoms with van der Waals surface area (Å²) in [5.74, 6) is 0.693. The van der Waals surface area contributed by atoms with Crippen LogP contribution in [0.3, 0.4) is 0 Å². The van der Waals surface area contributed by atoms with Gasteiger partial charge >= 0.3 is 0 Å². The summed E-state index contributed by atoms with van der Waals surface area (Å²) in [5, 5.41) is 1.73. The average molecular weight is 404 g/mol. The van der Waals surface area contributed by atoms with Gasteiger partial charge in [-0.15, -0.1) is 0 Å². The van der Waals surface area contributed by atoms with E-state index in [0.29, 0.717) is 27.4 Å². The van der Waals surface area contributed by atoms with Crippen LogP contribution in [0.1, 0.15) is 5.56 Å². The van der Waals surface area contributed by atoms with Crippen molar-refractivity contribution >= 4 is 40.4 Å². The zero-order chi connectivity index (χ0) is 18.1. The fourth-order valence-corrected chi connectivity index (χ4v) is 3.10. The predicted molar refractivity (Wildman–Crippen MR) is 106 cm³/mol. The highest BCUT2D eigenvalue weighted by molar-refractivity contribution is 6.42.